The van der Waals surface area contributed by atoms with E-state index in [0.717, 1.165) is 32.0 Å². The van der Waals surface area contributed by atoms with E-state index in [0.29, 0.717) is 6.10 Å². The highest BCUT2D eigenvalue weighted by Crippen LogP contribution is 2.23. The van der Waals surface area contributed by atoms with Crippen molar-refractivity contribution in [2.75, 3.05) is 7.11 Å². The Morgan fingerprint density at radius 1 is 1.50 bits per heavy atom. The zero-order valence-corrected chi connectivity index (χ0v) is 6.38. The van der Waals surface area contributed by atoms with Crippen LogP contribution >= 0.6 is 0 Å². The Kier molecular flexibility index (Phi) is 2.87. The average Bonchev–Trinajstić information content (AvgIpc) is 2.05. The fraction of sp³-hybridized carbons (Fsp3) is 0.875. The molecule has 58 valence electrons. The van der Waals surface area contributed by atoms with Gasteiger partial charge in [0.15, 0.2) is 0 Å². The highest BCUT2D eigenvalue weighted by molar-refractivity contribution is 5.53. The molecule has 10 heavy (non-hydrogen) atoms. The van der Waals surface area contributed by atoms with Crippen molar-refractivity contribution in [1.82, 2.24) is 0 Å². The predicted octanol–water partition coefficient (Wildman–Crippen LogP) is 1.39. The molecular weight excluding hydrogens is 128 g/mol. The first-order chi connectivity index (χ1) is 4.86. The molecule has 0 saturated heterocycles. The fourth-order valence-electron chi connectivity index (χ4n) is 1.52. The molecule has 2 heteroatoms. The number of hydrogen-bond donors (Lipinski definition) is 0. The Balaban J connectivity index is 2.31. The summed E-state index contributed by atoms with van der Waals surface area (Å²) >= 11 is 0. The molecule has 0 bridgehead atoms. The minimum absolute atomic E-state index is 0.263. The summed E-state index contributed by atoms with van der Waals surface area (Å²) in [4.78, 5) is 10.4. The van der Waals surface area contributed by atoms with Crippen LogP contribution in [0.5, 0.6) is 0 Å². The van der Waals surface area contributed by atoms with Gasteiger partial charge in [0.05, 0.1) is 6.10 Å². The molecule has 1 saturated carbocycles. The van der Waals surface area contributed by atoms with Gasteiger partial charge in [-0.05, 0) is 19.3 Å². The van der Waals surface area contributed by atoms with E-state index in [4.69, 9.17) is 4.74 Å². The Morgan fingerprint density at radius 3 is 2.90 bits per heavy atom. The van der Waals surface area contributed by atoms with E-state index < -0.39 is 0 Å². The molecule has 0 aromatic rings. The standard InChI is InChI=1S/C8H14O2/c1-10-8-4-2-3-7(5-8)6-9/h6-8H,2-5H2,1H3/t7-,8+/m0/s1. The SMILES string of the molecule is CO[C@@H]1CCC[C@H](C=O)C1. The molecular formula is C8H14O2. The van der Waals surface area contributed by atoms with Gasteiger partial charge in [0.1, 0.15) is 6.29 Å². The van der Waals surface area contributed by atoms with Gasteiger partial charge in [-0.1, -0.05) is 6.42 Å². The van der Waals surface area contributed by atoms with Crippen molar-refractivity contribution >= 4 is 6.29 Å². The molecule has 0 heterocycles. The maximum Gasteiger partial charge on any atom is 0.123 e. The van der Waals surface area contributed by atoms with Crippen molar-refractivity contribution in [3.8, 4) is 0 Å². The second-order valence-corrected chi connectivity index (χ2v) is 2.92. The molecule has 0 N–H and O–H groups in total. The summed E-state index contributed by atoms with van der Waals surface area (Å²) in [7, 11) is 1.72. The van der Waals surface area contributed by atoms with Gasteiger partial charge in [0.2, 0.25) is 0 Å². The van der Waals surface area contributed by atoms with Crippen LogP contribution in [0, 0.1) is 5.92 Å². The highest BCUT2D eigenvalue weighted by Gasteiger charge is 2.20. The largest absolute Gasteiger partial charge is 0.381 e. The van der Waals surface area contributed by atoms with E-state index in [9.17, 15) is 4.79 Å². The van der Waals surface area contributed by atoms with Crippen molar-refractivity contribution in [3.63, 3.8) is 0 Å². The molecule has 2 nitrogen and oxygen atoms in total. The summed E-state index contributed by atoms with van der Waals surface area (Å²) in [5.74, 6) is 0.263. The smallest absolute Gasteiger partial charge is 0.123 e. The van der Waals surface area contributed by atoms with Crippen LogP contribution in [0.2, 0.25) is 0 Å². The third-order valence-corrected chi connectivity index (χ3v) is 2.19. The lowest BCUT2D eigenvalue weighted by Crippen LogP contribution is -2.22. The number of ether oxygens (including phenoxy) is 1. The first-order valence-electron chi connectivity index (χ1n) is 3.85. The van der Waals surface area contributed by atoms with E-state index in [1.807, 2.05) is 0 Å². The summed E-state index contributed by atoms with van der Waals surface area (Å²) in [6.45, 7) is 0. The summed E-state index contributed by atoms with van der Waals surface area (Å²) < 4.78 is 5.16. The molecule has 0 aromatic carbocycles. The van der Waals surface area contributed by atoms with Crippen LogP contribution in [0.1, 0.15) is 25.7 Å². The van der Waals surface area contributed by atoms with E-state index in [-0.39, 0.29) is 5.92 Å². The van der Waals surface area contributed by atoms with Gasteiger partial charge in [-0.15, -0.1) is 0 Å². The molecule has 1 aliphatic rings. The first kappa shape index (κ1) is 7.73. The van der Waals surface area contributed by atoms with Gasteiger partial charge in [-0.25, -0.2) is 0 Å². The summed E-state index contributed by atoms with van der Waals surface area (Å²) in [6.07, 6.45) is 5.65. The van der Waals surface area contributed by atoms with E-state index in [1.54, 1.807) is 7.11 Å². The second kappa shape index (κ2) is 3.71. The predicted molar refractivity (Wildman–Crippen MR) is 38.8 cm³/mol. The normalized spacial score (nSPS) is 33.7. The molecule has 0 spiro atoms. The van der Waals surface area contributed by atoms with Crippen LogP contribution in [0.15, 0.2) is 0 Å². The fourth-order valence-corrected chi connectivity index (χ4v) is 1.52. The van der Waals surface area contributed by atoms with Crippen molar-refractivity contribution in [2.45, 2.75) is 31.8 Å². The maximum absolute atomic E-state index is 10.4. The lowest BCUT2D eigenvalue weighted by atomic mass is 9.88. The van der Waals surface area contributed by atoms with E-state index in [2.05, 4.69) is 0 Å². The van der Waals surface area contributed by atoms with E-state index >= 15 is 0 Å². The highest BCUT2D eigenvalue weighted by atomic mass is 16.5. The van der Waals surface area contributed by atoms with Crippen LogP contribution < -0.4 is 0 Å². The molecule has 0 unspecified atom stereocenters. The number of carbonyl (C=O) groups is 1. The molecule has 1 rings (SSSR count). The minimum Gasteiger partial charge on any atom is -0.381 e. The number of hydrogen-bond acceptors (Lipinski definition) is 2. The Morgan fingerprint density at radius 2 is 2.30 bits per heavy atom. The number of carbonyl (C=O) groups excluding carboxylic acids is 1. The second-order valence-electron chi connectivity index (χ2n) is 2.92. The number of methoxy groups -OCH3 is 1. The minimum atomic E-state index is 0.263. The maximum atomic E-state index is 10.4. The van der Waals surface area contributed by atoms with Gasteiger partial charge >= 0.3 is 0 Å². The van der Waals surface area contributed by atoms with Gasteiger partial charge in [-0.3, -0.25) is 0 Å². The summed E-state index contributed by atoms with van der Waals surface area (Å²) in [5, 5.41) is 0. The monoisotopic (exact) mass is 142 g/mol. The quantitative estimate of drug-likeness (QED) is 0.544. The van der Waals surface area contributed by atoms with Crippen molar-refractivity contribution < 1.29 is 9.53 Å². The average molecular weight is 142 g/mol. The molecule has 0 aliphatic heterocycles. The third-order valence-electron chi connectivity index (χ3n) is 2.19. The third kappa shape index (κ3) is 1.81. The molecule has 0 amide bonds. The molecule has 0 aromatic heterocycles. The first-order valence-corrected chi connectivity index (χ1v) is 3.85. The van der Waals surface area contributed by atoms with Crippen LogP contribution in [0.4, 0.5) is 0 Å². The van der Waals surface area contributed by atoms with Gasteiger partial charge in [0.25, 0.3) is 0 Å². The van der Waals surface area contributed by atoms with Crippen molar-refractivity contribution in [1.29, 1.82) is 0 Å². The molecule has 1 aliphatic carbocycles. The lowest BCUT2D eigenvalue weighted by molar-refractivity contribution is -0.113. The summed E-state index contributed by atoms with van der Waals surface area (Å²) in [6, 6.07) is 0. The molecule has 1 fully saturated rings. The lowest BCUT2D eigenvalue weighted by Gasteiger charge is -2.24. The van der Waals surface area contributed by atoms with E-state index in [1.165, 1.54) is 0 Å². The van der Waals surface area contributed by atoms with Crippen LogP contribution in [-0.2, 0) is 9.53 Å². The number of aldehydes is 1. The van der Waals surface area contributed by atoms with Gasteiger partial charge in [-0.2, -0.15) is 0 Å². The van der Waals surface area contributed by atoms with Crippen LogP contribution in [-0.4, -0.2) is 19.5 Å². The Hall–Kier alpha value is -0.370. The van der Waals surface area contributed by atoms with Crippen LogP contribution in [0.3, 0.4) is 0 Å². The zero-order chi connectivity index (χ0) is 7.40. The Labute approximate surface area is 61.6 Å². The Bertz CT molecular complexity index is 112. The van der Waals surface area contributed by atoms with Crippen LogP contribution in [0.25, 0.3) is 0 Å². The van der Waals surface area contributed by atoms with Gasteiger partial charge in [0, 0.05) is 13.0 Å². The zero-order valence-electron chi connectivity index (χ0n) is 6.38. The molecule has 2 atom stereocenters. The number of rotatable bonds is 2. The van der Waals surface area contributed by atoms with Crippen molar-refractivity contribution in [2.24, 2.45) is 5.92 Å². The topological polar surface area (TPSA) is 26.3 Å². The van der Waals surface area contributed by atoms with Gasteiger partial charge < -0.3 is 9.53 Å². The molecule has 0 radical (unpaired) electrons. The summed E-state index contributed by atoms with van der Waals surface area (Å²) in [5.41, 5.74) is 0. The van der Waals surface area contributed by atoms with Crippen molar-refractivity contribution in [3.05, 3.63) is 0 Å².